The molecule has 2 N–H and O–H groups in total. The van der Waals surface area contributed by atoms with Gasteiger partial charge in [0.2, 0.25) is 5.91 Å². The summed E-state index contributed by atoms with van der Waals surface area (Å²) in [4.78, 5) is 26.7. The minimum Gasteiger partial charge on any atom is -0.465 e. The minimum absolute atomic E-state index is 0.00626. The van der Waals surface area contributed by atoms with Gasteiger partial charge in [0.25, 0.3) is 0 Å². The average molecular weight is 361 g/mol. The van der Waals surface area contributed by atoms with Crippen molar-refractivity contribution in [2.24, 2.45) is 0 Å². The van der Waals surface area contributed by atoms with E-state index in [1.54, 1.807) is 6.92 Å². The lowest BCUT2D eigenvalue weighted by atomic mass is 10.1. The molecule has 1 aliphatic heterocycles. The molecule has 0 bridgehead atoms. The summed E-state index contributed by atoms with van der Waals surface area (Å²) >= 11 is 0. The highest BCUT2D eigenvalue weighted by atomic mass is 16.5. The van der Waals surface area contributed by atoms with Gasteiger partial charge in [-0.2, -0.15) is 0 Å². The highest BCUT2D eigenvalue weighted by Gasteiger charge is 2.38. The molecule has 0 radical (unpaired) electrons. The number of nitrogens with zero attached hydrogens (tertiary/aromatic N) is 1. The number of amides is 1. The second-order valence-electron chi connectivity index (χ2n) is 6.53. The first-order valence-electron chi connectivity index (χ1n) is 9.62. The molecule has 1 heterocycles. The van der Waals surface area contributed by atoms with E-state index in [1.165, 1.54) is 5.56 Å². The molecule has 0 aliphatic carbocycles. The fourth-order valence-corrected chi connectivity index (χ4v) is 3.44. The summed E-state index contributed by atoms with van der Waals surface area (Å²) in [6, 6.07) is 9.60. The molecule has 1 fully saturated rings. The van der Waals surface area contributed by atoms with Crippen molar-refractivity contribution in [2.75, 3.05) is 26.2 Å². The normalized spacial score (nSPS) is 18.5. The molecule has 0 spiro atoms. The standard InChI is InChI=1S/C20H31N3O3/c1-3-17(20(25)26-4-2)23-14-8-11-18(23)19(24)22-13-12-21-15-16-9-6-5-7-10-16/h5-7,9-10,17-18,21H,3-4,8,11-15H2,1-2H3,(H,22,24)/t17-,18?/m0/s1. The largest absolute Gasteiger partial charge is 0.465 e. The van der Waals surface area contributed by atoms with Gasteiger partial charge in [-0.1, -0.05) is 37.3 Å². The van der Waals surface area contributed by atoms with Crippen LogP contribution in [0.2, 0.25) is 0 Å². The van der Waals surface area contributed by atoms with Crippen LogP contribution in [0.4, 0.5) is 0 Å². The van der Waals surface area contributed by atoms with Crippen LogP contribution in [0.1, 0.15) is 38.7 Å². The Hall–Kier alpha value is -1.92. The molecule has 1 saturated heterocycles. The lowest BCUT2D eigenvalue weighted by Crippen LogP contribution is -2.51. The molecule has 2 atom stereocenters. The predicted molar refractivity (Wildman–Crippen MR) is 102 cm³/mol. The fraction of sp³-hybridized carbons (Fsp3) is 0.600. The van der Waals surface area contributed by atoms with E-state index in [1.807, 2.05) is 30.0 Å². The molecule has 6 nitrogen and oxygen atoms in total. The van der Waals surface area contributed by atoms with Gasteiger partial charge in [0.1, 0.15) is 6.04 Å². The summed E-state index contributed by atoms with van der Waals surface area (Å²) in [7, 11) is 0. The number of benzene rings is 1. The van der Waals surface area contributed by atoms with Crippen molar-refractivity contribution >= 4 is 11.9 Å². The van der Waals surface area contributed by atoms with E-state index < -0.39 is 0 Å². The Bertz CT molecular complexity index is 565. The summed E-state index contributed by atoms with van der Waals surface area (Å²) in [5.41, 5.74) is 1.22. The molecular weight excluding hydrogens is 330 g/mol. The lowest BCUT2D eigenvalue weighted by molar-refractivity contribution is -0.150. The first kappa shape index (κ1) is 20.4. The third kappa shape index (κ3) is 5.81. The van der Waals surface area contributed by atoms with Crippen LogP contribution in [0.5, 0.6) is 0 Å². The molecule has 0 saturated carbocycles. The number of likely N-dealkylation sites (tertiary alicyclic amines) is 1. The van der Waals surface area contributed by atoms with E-state index in [0.29, 0.717) is 26.1 Å². The lowest BCUT2D eigenvalue weighted by Gasteiger charge is -2.30. The van der Waals surface area contributed by atoms with Crippen molar-refractivity contribution in [1.29, 1.82) is 0 Å². The first-order chi connectivity index (χ1) is 12.7. The molecular formula is C20H31N3O3. The Kier molecular flexibility index (Phi) is 8.58. The molecule has 26 heavy (non-hydrogen) atoms. The van der Waals surface area contributed by atoms with Crippen molar-refractivity contribution in [1.82, 2.24) is 15.5 Å². The number of nitrogens with one attached hydrogen (secondary N) is 2. The number of hydrogen-bond acceptors (Lipinski definition) is 5. The summed E-state index contributed by atoms with van der Waals surface area (Å²) in [6.45, 7) is 6.97. The molecule has 1 aliphatic rings. The van der Waals surface area contributed by atoms with Gasteiger partial charge >= 0.3 is 5.97 Å². The molecule has 0 aromatic heterocycles. The molecule has 6 heteroatoms. The second kappa shape index (κ2) is 10.9. The first-order valence-corrected chi connectivity index (χ1v) is 9.62. The highest BCUT2D eigenvalue weighted by Crippen LogP contribution is 2.22. The second-order valence-corrected chi connectivity index (χ2v) is 6.53. The van der Waals surface area contributed by atoms with Crippen LogP contribution in [0.15, 0.2) is 30.3 Å². The molecule has 2 rings (SSSR count). The van der Waals surface area contributed by atoms with Gasteiger partial charge in [0, 0.05) is 19.6 Å². The average Bonchev–Trinajstić information content (AvgIpc) is 3.12. The van der Waals surface area contributed by atoms with Crippen LogP contribution in [0, 0.1) is 0 Å². The number of carbonyl (C=O) groups excluding carboxylic acids is 2. The van der Waals surface area contributed by atoms with Crippen LogP contribution >= 0.6 is 0 Å². The summed E-state index contributed by atoms with van der Waals surface area (Å²) in [5.74, 6) is -0.217. The highest BCUT2D eigenvalue weighted by molar-refractivity contribution is 5.83. The quantitative estimate of drug-likeness (QED) is 0.490. The number of carbonyl (C=O) groups is 2. The van der Waals surface area contributed by atoms with Gasteiger partial charge in [-0.15, -0.1) is 0 Å². The summed E-state index contributed by atoms with van der Waals surface area (Å²) in [6.07, 6.45) is 2.38. The van der Waals surface area contributed by atoms with E-state index in [9.17, 15) is 9.59 Å². The van der Waals surface area contributed by atoms with Crippen LogP contribution in [-0.4, -0.2) is 55.1 Å². The zero-order valence-corrected chi connectivity index (χ0v) is 15.9. The Balaban J connectivity index is 1.75. The Morgan fingerprint density at radius 1 is 1.23 bits per heavy atom. The Morgan fingerprint density at radius 2 is 2.00 bits per heavy atom. The number of rotatable bonds is 10. The fourth-order valence-electron chi connectivity index (χ4n) is 3.44. The zero-order chi connectivity index (χ0) is 18.8. The summed E-state index contributed by atoms with van der Waals surface area (Å²) < 4.78 is 5.17. The van der Waals surface area contributed by atoms with Crippen LogP contribution < -0.4 is 10.6 Å². The van der Waals surface area contributed by atoms with Gasteiger partial charge in [-0.25, -0.2) is 0 Å². The minimum atomic E-state index is -0.329. The summed E-state index contributed by atoms with van der Waals surface area (Å²) in [5, 5.41) is 6.32. The van der Waals surface area contributed by atoms with Gasteiger partial charge in [-0.05, 0) is 38.3 Å². The third-order valence-electron chi connectivity index (χ3n) is 4.72. The number of ether oxygens (including phenoxy) is 1. The SMILES string of the molecule is CCOC(=O)[C@H](CC)N1CCCC1C(=O)NCCNCc1ccccc1. The van der Waals surface area contributed by atoms with E-state index in [4.69, 9.17) is 4.74 Å². The monoisotopic (exact) mass is 361 g/mol. The van der Waals surface area contributed by atoms with Gasteiger partial charge in [0.05, 0.1) is 12.6 Å². The van der Waals surface area contributed by atoms with Gasteiger partial charge in [-0.3, -0.25) is 14.5 Å². The van der Waals surface area contributed by atoms with E-state index in [2.05, 4.69) is 22.8 Å². The van der Waals surface area contributed by atoms with Crippen molar-refractivity contribution in [3.05, 3.63) is 35.9 Å². The topological polar surface area (TPSA) is 70.7 Å². The van der Waals surface area contributed by atoms with Crippen molar-refractivity contribution in [3.63, 3.8) is 0 Å². The van der Waals surface area contributed by atoms with Crippen molar-refractivity contribution in [2.45, 2.75) is 51.7 Å². The molecule has 144 valence electrons. The maximum absolute atomic E-state index is 12.6. The van der Waals surface area contributed by atoms with Crippen LogP contribution in [0.3, 0.4) is 0 Å². The maximum atomic E-state index is 12.6. The Morgan fingerprint density at radius 3 is 2.69 bits per heavy atom. The van der Waals surface area contributed by atoms with E-state index in [-0.39, 0.29) is 24.0 Å². The number of hydrogen-bond donors (Lipinski definition) is 2. The molecule has 1 unspecified atom stereocenters. The third-order valence-corrected chi connectivity index (χ3v) is 4.72. The van der Waals surface area contributed by atoms with Crippen molar-refractivity contribution < 1.29 is 14.3 Å². The molecule has 1 aromatic carbocycles. The Labute approximate surface area is 156 Å². The van der Waals surface area contributed by atoms with Gasteiger partial charge in [0.15, 0.2) is 0 Å². The maximum Gasteiger partial charge on any atom is 0.323 e. The van der Waals surface area contributed by atoms with Gasteiger partial charge < -0.3 is 15.4 Å². The van der Waals surface area contributed by atoms with Crippen molar-refractivity contribution in [3.8, 4) is 0 Å². The van der Waals surface area contributed by atoms with Crippen LogP contribution in [-0.2, 0) is 20.9 Å². The molecule has 1 aromatic rings. The molecule has 1 amide bonds. The van der Waals surface area contributed by atoms with E-state index in [0.717, 1.165) is 25.9 Å². The zero-order valence-electron chi connectivity index (χ0n) is 15.9. The number of esters is 1. The van der Waals surface area contributed by atoms with Crippen LogP contribution in [0.25, 0.3) is 0 Å². The smallest absolute Gasteiger partial charge is 0.323 e. The predicted octanol–water partition coefficient (Wildman–Crippen LogP) is 1.70. The van der Waals surface area contributed by atoms with E-state index >= 15 is 0 Å².